The summed E-state index contributed by atoms with van der Waals surface area (Å²) in [5.41, 5.74) is -0.991. The third-order valence-corrected chi connectivity index (χ3v) is 2.50. The van der Waals surface area contributed by atoms with Crippen LogP contribution in [0.1, 0.15) is 31.9 Å². The molecule has 1 amide bonds. The SMILES string of the molecule is CC(C)(C)OC(=O)CNC(=O)Cc1ccc(C(F)(F)F)cc1. The maximum Gasteiger partial charge on any atom is 0.416 e. The highest BCUT2D eigenvalue weighted by molar-refractivity contribution is 5.83. The van der Waals surface area contributed by atoms with Gasteiger partial charge in [0.15, 0.2) is 0 Å². The van der Waals surface area contributed by atoms with Gasteiger partial charge in [-0.25, -0.2) is 0 Å². The Balaban J connectivity index is 2.47. The third-order valence-electron chi connectivity index (χ3n) is 2.50. The second-order valence-corrected chi connectivity index (χ2v) is 5.73. The molecule has 122 valence electrons. The lowest BCUT2D eigenvalue weighted by Crippen LogP contribution is -2.35. The number of amides is 1. The van der Waals surface area contributed by atoms with Crippen molar-refractivity contribution in [3.05, 3.63) is 35.4 Å². The molecule has 1 aromatic rings. The Hall–Kier alpha value is -2.05. The van der Waals surface area contributed by atoms with Crippen molar-refractivity contribution in [3.8, 4) is 0 Å². The van der Waals surface area contributed by atoms with E-state index in [9.17, 15) is 22.8 Å². The normalized spacial score (nSPS) is 11.9. The first-order valence-corrected chi connectivity index (χ1v) is 6.62. The highest BCUT2D eigenvalue weighted by Crippen LogP contribution is 2.29. The molecule has 0 fully saturated rings. The first-order valence-electron chi connectivity index (χ1n) is 6.62. The molecule has 1 aromatic carbocycles. The van der Waals surface area contributed by atoms with Crippen molar-refractivity contribution in [2.24, 2.45) is 0 Å². The molecule has 1 rings (SSSR count). The Labute approximate surface area is 126 Å². The Bertz CT molecular complexity index is 530. The predicted octanol–water partition coefficient (Wildman–Crippen LogP) is 2.71. The number of benzene rings is 1. The van der Waals surface area contributed by atoms with Crippen molar-refractivity contribution >= 4 is 11.9 Å². The number of carbonyl (C=O) groups is 2. The van der Waals surface area contributed by atoms with Crippen LogP contribution in [-0.4, -0.2) is 24.0 Å². The van der Waals surface area contributed by atoms with E-state index in [-0.39, 0.29) is 13.0 Å². The molecular formula is C15H18F3NO3. The van der Waals surface area contributed by atoms with Gasteiger partial charge in [-0.15, -0.1) is 0 Å². The number of carbonyl (C=O) groups excluding carboxylic acids is 2. The van der Waals surface area contributed by atoms with Crippen molar-refractivity contribution in [1.82, 2.24) is 5.32 Å². The largest absolute Gasteiger partial charge is 0.459 e. The molecular weight excluding hydrogens is 299 g/mol. The van der Waals surface area contributed by atoms with Crippen molar-refractivity contribution in [1.29, 1.82) is 0 Å². The smallest absolute Gasteiger partial charge is 0.416 e. The number of rotatable bonds is 4. The Morgan fingerprint density at radius 2 is 1.64 bits per heavy atom. The van der Waals surface area contributed by atoms with Gasteiger partial charge in [-0.1, -0.05) is 12.1 Å². The highest BCUT2D eigenvalue weighted by Gasteiger charge is 2.29. The van der Waals surface area contributed by atoms with Crippen LogP contribution in [0.4, 0.5) is 13.2 Å². The van der Waals surface area contributed by atoms with Gasteiger partial charge in [0.2, 0.25) is 5.91 Å². The van der Waals surface area contributed by atoms with E-state index in [1.54, 1.807) is 20.8 Å². The van der Waals surface area contributed by atoms with Crippen molar-refractivity contribution < 1.29 is 27.5 Å². The topological polar surface area (TPSA) is 55.4 Å². The molecule has 0 unspecified atom stereocenters. The molecule has 0 radical (unpaired) electrons. The highest BCUT2D eigenvalue weighted by atomic mass is 19.4. The molecule has 0 atom stereocenters. The minimum atomic E-state index is -4.41. The van der Waals surface area contributed by atoms with E-state index < -0.39 is 29.2 Å². The summed E-state index contributed by atoms with van der Waals surface area (Å²) in [5, 5.41) is 2.36. The van der Waals surface area contributed by atoms with E-state index in [1.165, 1.54) is 12.1 Å². The molecule has 1 N–H and O–H groups in total. The average Bonchev–Trinajstić information content (AvgIpc) is 2.34. The first kappa shape index (κ1) is 18.0. The van der Waals surface area contributed by atoms with Crippen LogP contribution in [0.3, 0.4) is 0 Å². The van der Waals surface area contributed by atoms with Crippen LogP contribution in [0, 0.1) is 0 Å². The molecule has 0 aromatic heterocycles. The van der Waals surface area contributed by atoms with Crippen LogP contribution in [0.5, 0.6) is 0 Å². The lowest BCUT2D eigenvalue weighted by molar-refractivity contribution is -0.154. The van der Waals surface area contributed by atoms with Gasteiger partial charge in [0.1, 0.15) is 12.1 Å². The van der Waals surface area contributed by atoms with Crippen LogP contribution in [0.25, 0.3) is 0 Å². The fourth-order valence-corrected chi connectivity index (χ4v) is 1.61. The molecule has 4 nitrogen and oxygen atoms in total. The minimum absolute atomic E-state index is 0.110. The van der Waals surface area contributed by atoms with Gasteiger partial charge >= 0.3 is 12.1 Å². The molecule has 0 heterocycles. The summed E-state index contributed by atoms with van der Waals surface area (Å²) < 4.78 is 42.2. The Morgan fingerprint density at radius 1 is 1.09 bits per heavy atom. The maximum atomic E-state index is 12.4. The number of halogens is 3. The lowest BCUT2D eigenvalue weighted by Gasteiger charge is -2.19. The maximum absolute atomic E-state index is 12.4. The average molecular weight is 317 g/mol. The second-order valence-electron chi connectivity index (χ2n) is 5.73. The van der Waals surface area contributed by atoms with Gasteiger partial charge in [0.05, 0.1) is 12.0 Å². The molecule has 0 spiro atoms. The van der Waals surface area contributed by atoms with Crippen LogP contribution in [0.15, 0.2) is 24.3 Å². The van der Waals surface area contributed by atoms with Gasteiger partial charge < -0.3 is 10.1 Å². The van der Waals surface area contributed by atoms with E-state index in [0.717, 1.165) is 12.1 Å². The van der Waals surface area contributed by atoms with E-state index >= 15 is 0 Å². The molecule has 0 saturated carbocycles. The minimum Gasteiger partial charge on any atom is -0.459 e. The summed E-state index contributed by atoms with van der Waals surface area (Å²) in [5.74, 6) is -1.04. The van der Waals surface area contributed by atoms with Crippen molar-refractivity contribution in [2.45, 2.75) is 39.0 Å². The molecule has 0 bridgehead atoms. The monoisotopic (exact) mass is 317 g/mol. The molecule has 0 aliphatic carbocycles. The zero-order chi connectivity index (χ0) is 17.0. The Kier molecular flexibility index (Phi) is 5.57. The summed E-state index contributed by atoms with van der Waals surface area (Å²) in [4.78, 5) is 23.0. The van der Waals surface area contributed by atoms with Crippen molar-refractivity contribution in [3.63, 3.8) is 0 Å². The zero-order valence-corrected chi connectivity index (χ0v) is 12.6. The van der Waals surface area contributed by atoms with Crippen molar-refractivity contribution in [2.75, 3.05) is 6.54 Å². The number of hydrogen-bond donors (Lipinski definition) is 1. The van der Waals surface area contributed by atoms with E-state index in [0.29, 0.717) is 5.56 Å². The van der Waals surface area contributed by atoms with Gasteiger partial charge in [0, 0.05) is 0 Å². The molecule has 0 saturated heterocycles. The van der Waals surface area contributed by atoms with Gasteiger partial charge in [-0.05, 0) is 38.5 Å². The van der Waals surface area contributed by atoms with Crippen LogP contribution in [0.2, 0.25) is 0 Å². The van der Waals surface area contributed by atoms with Crippen LogP contribution < -0.4 is 5.32 Å². The van der Waals surface area contributed by atoms with E-state index in [2.05, 4.69) is 5.32 Å². The lowest BCUT2D eigenvalue weighted by atomic mass is 10.1. The summed E-state index contributed by atoms with van der Waals surface area (Å²) >= 11 is 0. The van der Waals surface area contributed by atoms with E-state index in [1.807, 2.05) is 0 Å². The number of ether oxygens (including phenoxy) is 1. The third kappa shape index (κ3) is 6.60. The van der Waals surface area contributed by atoms with Gasteiger partial charge in [0.25, 0.3) is 0 Å². The number of nitrogens with one attached hydrogen (secondary N) is 1. The van der Waals surface area contributed by atoms with E-state index in [4.69, 9.17) is 4.74 Å². The van der Waals surface area contributed by atoms with Gasteiger partial charge in [-0.3, -0.25) is 9.59 Å². The summed E-state index contributed by atoms with van der Waals surface area (Å²) in [6.07, 6.45) is -4.52. The van der Waals surface area contributed by atoms with Crippen LogP contribution in [-0.2, 0) is 26.9 Å². The summed E-state index contributed by atoms with van der Waals surface area (Å²) in [6.45, 7) is 4.83. The predicted molar refractivity (Wildman–Crippen MR) is 74.0 cm³/mol. The number of esters is 1. The Morgan fingerprint density at radius 3 is 2.09 bits per heavy atom. The standard InChI is InChI=1S/C15H18F3NO3/c1-14(2,3)22-13(21)9-19-12(20)8-10-4-6-11(7-5-10)15(16,17)18/h4-7H,8-9H2,1-3H3,(H,19,20). The molecule has 0 aliphatic heterocycles. The molecule has 0 aliphatic rings. The number of hydrogen-bond acceptors (Lipinski definition) is 3. The summed E-state index contributed by atoms with van der Waals surface area (Å²) in [6, 6.07) is 4.29. The fourth-order valence-electron chi connectivity index (χ4n) is 1.61. The molecule has 22 heavy (non-hydrogen) atoms. The second kappa shape index (κ2) is 6.81. The number of alkyl halides is 3. The van der Waals surface area contributed by atoms with Crippen LogP contribution >= 0.6 is 0 Å². The molecule has 7 heteroatoms. The summed E-state index contributed by atoms with van der Waals surface area (Å²) in [7, 11) is 0. The zero-order valence-electron chi connectivity index (χ0n) is 12.6. The fraction of sp³-hybridized carbons (Fsp3) is 0.467. The quantitative estimate of drug-likeness (QED) is 0.869. The van der Waals surface area contributed by atoms with Gasteiger partial charge in [-0.2, -0.15) is 13.2 Å². The first-order chi connectivity index (χ1) is 9.97.